The molecular formula is C16H22N2O4. The van der Waals surface area contributed by atoms with Crippen LogP contribution in [0, 0.1) is 12.8 Å². The molecule has 6 nitrogen and oxygen atoms in total. The van der Waals surface area contributed by atoms with Gasteiger partial charge < -0.3 is 20.1 Å². The fourth-order valence-corrected chi connectivity index (χ4v) is 2.56. The quantitative estimate of drug-likeness (QED) is 0.883. The Morgan fingerprint density at radius 1 is 1.36 bits per heavy atom. The molecule has 2 rings (SSSR count). The molecule has 2 amide bonds. The molecule has 0 aromatic heterocycles. The second kappa shape index (κ2) is 7.15. The van der Waals surface area contributed by atoms with Gasteiger partial charge in [0.1, 0.15) is 0 Å². The van der Waals surface area contributed by atoms with Crippen LogP contribution in [0.25, 0.3) is 0 Å². The van der Waals surface area contributed by atoms with E-state index >= 15 is 0 Å². The zero-order chi connectivity index (χ0) is 16.1. The first kappa shape index (κ1) is 16.1. The van der Waals surface area contributed by atoms with Crippen LogP contribution in [-0.4, -0.2) is 43.5 Å². The fraction of sp³-hybridized carbons (Fsp3) is 0.500. The molecule has 1 aromatic rings. The van der Waals surface area contributed by atoms with E-state index in [0.717, 1.165) is 18.4 Å². The number of likely N-dealkylation sites (tertiary alicyclic amines) is 1. The second-order valence-electron chi connectivity index (χ2n) is 5.52. The summed E-state index contributed by atoms with van der Waals surface area (Å²) in [6, 6.07) is 5.53. The molecule has 120 valence electrons. The normalized spacial score (nSPS) is 17.9. The maximum absolute atomic E-state index is 12.2. The summed E-state index contributed by atoms with van der Waals surface area (Å²) in [7, 11) is 1.56. The number of nitrogens with two attached hydrogens (primary N) is 1. The SMILES string of the molecule is COc1cc(C)ccc1OCC(=O)N1CCCC(C(N)=O)C1. The molecule has 0 spiro atoms. The van der Waals surface area contributed by atoms with Crippen molar-refractivity contribution in [2.45, 2.75) is 19.8 Å². The number of rotatable bonds is 5. The zero-order valence-corrected chi connectivity index (χ0v) is 13.0. The van der Waals surface area contributed by atoms with Crippen LogP contribution in [0.3, 0.4) is 0 Å². The molecule has 1 atom stereocenters. The molecule has 1 saturated heterocycles. The Morgan fingerprint density at radius 3 is 2.82 bits per heavy atom. The van der Waals surface area contributed by atoms with E-state index in [2.05, 4.69) is 0 Å². The summed E-state index contributed by atoms with van der Waals surface area (Å²) in [4.78, 5) is 25.1. The number of hydrogen-bond donors (Lipinski definition) is 1. The van der Waals surface area contributed by atoms with Gasteiger partial charge in [0, 0.05) is 13.1 Å². The number of aryl methyl sites for hydroxylation is 1. The van der Waals surface area contributed by atoms with E-state index in [1.165, 1.54) is 0 Å². The monoisotopic (exact) mass is 306 g/mol. The molecular weight excluding hydrogens is 284 g/mol. The largest absolute Gasteiger partial charge is 0.493 e. The van der Waals surface area contributed by atoms with Gasteiger partial charge in [-0.25, -0.2) is 0 Å². The number of ether oxygens (including phenoxy) is 2. The van der Waals surface area contributed by atoms with Gasteiger partial charge in [-0.3, -0.25) is 9.59 Å². The Morgan fingerprint density at radius 2 is 2.14 bits per heavy atom. The van der Waals surface area contributed by atoms with E-state index in [-0.39, 0.29) is 24.3 Å². The van der Waals surface area contributed by atoms with E-state index in [1.807, 2.05) is 19.1 Å². The minimum Gasteiger partial charge on any atom is -0.493 e. The lowest BCUT2D eigenvalue weighted by Crippen LogP contribution is -2.45. The number of carbonyl (C=O) groups excluding carboxylic acids is 2. The molecule has 1 unspecified atom stereocenters. The number of hydrogen-bond acceptors (Lipinski definition) is 4. The number of methoxy groups -OCH3 is 1. The fourth-order valence-electron chi connectivity index (χ4n) is 2.56. The minimum atomic E-state index is -0.348. The molecule has 1 heterocycles. The van der Waals surface area contributed by atoms with Gasteiger partial charge in [0.2, 0.25) is 5.91 Å². The van der Waals surface area contributed by atoms with Crippen LogP contribution in [0.1, 0.15) is 18.4 Å². The van der Waals surface area contributed by atoms with E-state index in [9.17, 15) is 9.59 Å². The van der Waals surface area contributed by atoms with Gasteiger partial charge in [-0.2, -0.15) is 0 Å². The van der Waals surface area contributed by atoms with Gasteiger partial charge in [-0.05, 0) is 37.5 Å². The smallest absolute Gasteiger partial charge is 0.260 e. The average molecular weight is 306 g/mol. The Kier molecular flexibility index (Phi) is 5.25. The van der Waals surface area contributed by atoms with Crippen molar-refractivity contribution in [3.8, 4) is 11.5 Å². The molecule has 0 radical (unpaired) electrons. The first-order chi connectivity index (χ1) is 10.5. The first-order valence-electron chi connectivity index (χ1n) is 7.35. The lowest BCUT2D eigenvalue weighted by atomic mass is 9.97. The van der Waals surface area contributed by atoms with Gasteiger partial charge in [0.25, 0.3) is 5.91 Å². The van der Waals surface area contributed by atoms with Crippen molar-refractivity contribution in [2.75, 3.05) is 26.8 Å². The Balaban J connectivity index is 1.94. The number of amides is 2. The Bertz CT molecular complexity index is 559. The number of carbonyl (C=O) groups is 2. The maximum Gasteiger partial charge on any atom is 0.260 e. The van der Waals surface area contributed by atoms with Crippen molar-refractivity contribution in [3.63, 3.8) is 0 Å². The summed E-state index contributed by atoms with van der Waals surface area (Å²) in [5.74, 6) is 0.380. The van der Waals surface area contributed by atoms with Crippen molar-refractivity contribution in [2.24, 2.45) is 11.7 Å². The van der Waals surface area contributed by atoms with Crippen molar-refractivity contribution in [1.29, 1.82) is 0 Å². The van der Waals surface area contributed by atoms with Crippen molar-refractivity contribution in [3.05, 3.63) is 23.8 Å². The maximum atomic E-state index is 12.2. The summed E-state index contributed by atoms with van der Waals surface area (Å²) in [5, 5.41) is 0. The van der Waals surface area contributed by atoms with Crippen LogP contribution < -0.4 is 15.2 Å². The van der Waals surface area contributed by atoms with Crippen LogP contribution in [0.2, 0.25) is 0 Å². The predicted octanol–water partition coefficient (Wildman–Crippen LogP) is 1.11. The summed E-state index contributed by atoms with van der Waals surface area (Å²) in [5.41, 5.74) is 6.37. The standard InChI is InChI=1S/C16H22N2O4/c1-11-5-6-13(14(8-11)21-2)22-10-15(19)18-7-3-4-12(9-18)16(17)20/h5-6,8,12H,3-4,7,9-10H2,1-2H3,(H2,17,20). The molecule has 0 bridgehead atoms. The van der Waals surface area contributed by atoms with Crippen LogP contribution in [0.5, 0.6) is 11.5 Å². The molecule has 1 aliphatic heterocycles. The Labute approximate surface area is 130 Å². The van der Waals surface area contributed by atoms with Crippen LogP contribution in [0.4, 0.5) is 0 Å². The third-order valence-corrected chi connectivity index (χ3v) is 3.85. The highest BCUT2D eigenvalue weighted by atomic mass is 16.5. The zero-order valence-electron chi connectivity index (χ0n) is 13.0. The predicted molar refractivity (Wildman–Crippen MR) is 81.7 cm³/mol. The number of piperidine rings is 1. The minimum absolute atomic E-state index is 0.0785. The summed E-state index contributed by atoms with van der Waals surface area (Å²) in [6.07, 6.45) is 1.53. The lowest BCUT2D eigenvalue weighted by molar-refractivity contribution is -0.136. The van der Waals surface area contributed by atoms with Crippen molar-refractivity contribution in [1.82, 2.24) is 4.90 Å². The highest BCUT2D eigenvalue weighted by Gasteiger charge is 2.27. The topological polar surface area (TPSA) is 81.9 Å². The van der Waals surface area contributed by atoms with Crippen LogP contribution in [0.15, 0.2) is 18.2 Å². The summed E-state index contributed by atoms with van der Waals surface area (Å²) < 4.78 is 10.8. The van der Waals surface area contributed by atoms with Gasteiger partial charge in [-0.1, -0.05) is 6.07 Å². The summed E-state index contributed by atoms with van der Waals surface area (Å²) in [6.45, 7) is 2.89. The van der Waals surface area contributed by atoms with Gasteiger partial charge in [-0.15, -0.1) is 0 Å². The van der Waals surface area contributed by atoms with Gasteiger partial charge in [0.05, 0.1) is 13.0 Å². The third kappa shape index (κ3) is 3.90. The molecule has 6 heteroatoms. The number of nitrogens with zero attached hydrogens (tertiary/aromatic N) is 1. The molecule has 0 aliphatic carbocycles. The molecule has 2 N–H and O–H groups in total. The van der Waals surface area contributed by atoms with Crippen molar-refractivity contribution >= 4 is 11.8 Å². The molecule has 22 heavy (non-hydrogen) atoms. The molecule has 1 fully saturated rings. The van der Waals surface area contributed by atoms with Crippen molar-refractivity contribution < 1.29 is 19.1 Å². The van der Waals surface area contributed by atoms with Gasteiger partial charge >= 0.3 is 0 Å². The van der Waals surface area contributed by atoms with E-state index in [0.29, 0.717) is 24.6 Å². The number of primary amides is 1. The first-order valence-corrected chi connectivity index (χ1v) is 7.35. The highest BCUT2D eigenvalue weighted by molar-refractivity contribution is 5.81. The average Bonchev–Trinajstić information content (AvgIpc) is 2.53. The summed E-state index contributed by atoms with van der Waals surface area (Å²) >= 11 is 0. The molecule has 1 aliphatic rings. The molecule has 0 saturated carbocycles. The number of benzene rings is 1. The lowest BCUT2D eigenvalue weighted by Gasteiger charge is -2.31. The Hall–Kier alpha value is -2.24. The van der Waals surface area contributed by atoms with E-state index in [1.54, 1.807) is 18.1 Å². The van der Waals surface area contributed by atoms with Gasteiger partial charge in [0.15, 0.2) is 18.1 Å². The van der Waals surface area contributed by atoms with E-state index < -0.39 is 0 Å². The van der Waals surface area contributed by atoms with E-state index in [4.69, 9.17) is 15.2 Å². The second-order valence-corrected chi connectivity index (χ2v) is 5.52. The van der Waals surface area contributed by atoms with Crippen LogP contribution in [-0.2, 0) is 9.59 Å². The molecule has 1 aromatic carbocycles. The van der Waals surface area contributed by atoms with Crippen LogP contribution >= 0.6 is 0 Å². The third-order valence-electron chi connectivity index (χ3n) is 3.85. The highest BCUT2D eigenvalue weighted by Crippen LogP contribution is 2.27.